The molecule has 5 N–H and O–H groups in total. The molecule has 0 aliphatic rings. The SMILES string of the molecule is CCc1cc(-c2ccccc2)cc(CC)[n+]1CC(=O)Nc1ccc(S(=O)(=O)N=C(N)N)cc1.[O-][Cl+3]([O-])([O-])[O-]. The number of nitrogens with two attached hydrogens (primary N) is 2. The number of sulfonamides is 1. The fourth-order valence-corrected chi connectivity index (χ4v) is 4.44. The van der Waals surface area contributed by atoms with Crippen molar-refractivity contribution in [2.24, 2.45) is 15.9 Å². The molecule has 0 spiro atoms. The van der Waals surface area contributed by atoms with E-state index in [1.165, 1.54) is 24.3 Å². The van der Waals surface area contributed by atoms with Crippen molar-refractivity contribution in [3.63, 3.8) is 0 Å². The Morgan fingerprint density at radius 3 is 1.84 bits per heavy atom. The van der Waals surface area contributed by atoms with Crippen LogP contribution in [0, 0.1) is 10.2 Å². The smallest absolute Gasteiger partial charge is 0.290 e. The molecule has 0 saturated heterocycles. The van der Waals surface area contributed by atoms with Crippen LogP contribution in [0.5, 0.6) is 0 Å². The van der Waals surface area contributed by atoms with Gasteiger partial charge >= 0.3 is 0 Å². The van der Waals surface area contributed by atoms with Crippen LogP contribution in [0.15, 0.2) is 76.0 Å². The lowest BCUT2D eigenvalue weighted by atomic mass is 10.0. The minimum Gasteiger partial charge on any atom is -0.369 e. The van der Waals surface area contributed by atoms with Crippen LogP contribution >= 0.6 is 0 Å². The Kier molecular flexibility index (Phi) is 10.7. The van der Waals surface area contributed by atoms with Gasteiger partial charge in [-0.25, -0.2) is 18.6 Å². The number of pyridine rings is 1. The molecule has 0 atom stereocenters. The van der Waals surface area contributed by atoms with E-state index in [-0.39, 0.29) is 17.3 Å². The number of nitrogens with one attached hydrogen (secondary N) is 1. The normalized spacial score (nSPS) is 11.2. The number of carbonyl (C=O) groups is 1. The molecule has 3 aromatic rings. The van der Waals surface area contributed by atoms with E-state index in [1.807, 2.05) is 22.8 Å². The molecule has 0 radical (unpaired) electrons. The van der Waals surface area contributed by atoms with E-state index in [2.05, 4.69) is 47.8 Å². The molecular weight excluding hydrogens is 538 g/mol. The zero-order valence-corrected chi connectivity index (χ0v) is 22.2. The molecule has 0 fully saturated rings. The predicted molar refractivity (Wildman–Crippen MR) is 129 cm³/mol. The molecule has 2 aromatic carbocycles. The summed E-state index contributed by atoms with van der Waals surface area (Å²) in [6, 6.07) is 20.1. The number of rotatable bonds is 8. The van der Waals surface area contributed by atoms with Gasteiger partial charge in [0, 0.05) is 30.7 Å². The summed E-state index contributed by atoms with van der Waals surface area (Å²) >= 11 is 0. The van der Waals surface area contributed by atoms with Crippen molar-refractivity contribution < 1.29 is 46.7 Å². The molecule has 12 nitrogen and oxygen atoms in total. The predicted octanol–water partition coefficient (Wildman–Crippen LogP) is -2.39. The van der Waals surface area contributed by atoms with E-state index >= 15 is 0 Å². The fraction of sp³-hybridized carbons (Fsp3) is 0.208. The van der Waals surface area contributed by atoms with Crippen molar-refractivity contribution in [2.75, 3.05) is 5.32 Å². The van der Waals surface area contributed by atoms with Crippen molar-refractivity contribution in [1.29, 1.82) is 0 Å². The van der Waals surface area contributed by atoms with Gasteiger partial charge in [0.2, 0.25) is 12.5 Å². The largest absolute Gasteiger partial charge is 0.369 e. The van der Waals surface area contributed by atoms with E-state index < -0.39 is 26.2 Å². The molecule has 0 unspecified atom stereocenters. The second-order valence-electron chi connectivity index (χ2n) is 7.83. The minimum atomic E-state index is -4.94. The number of hydrogen-bond acceptors (Lipinski definition) is 7. The maximum absolute atomic E-state index is 12.8. The van der Waals surface area contributed by atoms with Gasteiger partial charge in [0.1, 0.15) is 0 Å². The van der Waals surface area contributed by atoms with Gasteiger partial charge in [-0.2, -0.15) is 13.0 Å². The average molecular weight is 566 g/mol. The highest BCUT2D eigenvalue weighted by molar-refractivity contribution is 7.90. The summed E-state index contributed by atoms with van der Waals surface area (Å²) in [6.07, 6.45) is 1.55. The summed E-state index contributed by atoms with van der Waals surface area (Å²) < 4.78 is 63.3. The van der Waals surface area contributed by atoms with Crippen LogP contribution in [-0.2, 0) is 34.2 Å². The lowest BCUT2D eigenvalue weighted by Gasteiger charge is -2.17. The molecule has 1 amide bonds. The summed E-state index contributed by atoms with van der Waals surface area (Å²) in [7, 11) is -8.92. The van der Waals surface area contributed by atoms with Gasteiger partial charge in [0.15, 0.2) is 11.4 Å². The highest BCUT2D eigenvalue weighted by Gasteiger charge is 2.21. The molecule has 1 heterocycles. The Hall–Kier alpha value is -3.59. The summed E-state index contributed by atoms with van der Waals surface area (Å²) in [4.78, 5) is 12.7. The Bertz CT molecular complexity index is 1340. The monoisotopic (exact) mass is 565 g/mol. The van der Waals surface area contributed by atoms with Crippen LogP contribution < -0.4 is 40.0 Å². The first kappa shape index (κ1) is 30.6. The standard InChI is InChI=1S/C24H27N5O3S.ClHO4/c1-3-20-14-18(17-8-6-5-7-9-17)15-21(4-2)29(20)16-23(30)27-19-10-12-22(13-11-19)33(31,32)28-24(25)26;2-1(3,4)5/h5-15H,3-4,16H2,1-2H3,(H4-,25,26,27,28,30);(H,2,3,4,5). The second kappa shape index (κ2) is 13.3. The number of carbonyl (C=O) groups excluding carboxylic acids is 1. The molecule has 0 bridgehead atoms. The van der Waals surface area contributed by atoms with Crippen LogP contribution in [0.4, 0.5) is 5.69 Å². The number of hydrogen-bond donors (Lipinski definition) is 3. The summed E-state index contributed by atoms with van der Waals surface area (Å²) in [5.41, 5.74) is 15.2. The van der Waals surface area contributed by atoms with Crippen LogP contribution in [0.25, 0.3) is 11.1 Å². The molecule has 38 heavy (non-hydrogen) atoms. The van der Waals surface area contributed by atoms with Crippen molar-refractivity contribution in [1.82, 2.24) is 0 Å². The topological polar surface area (TPSA) is 224 Å². The van der Waals surface area contributed by atoms with E-state index in [0.29, 0.717) is 5.69 Å². The number of guanidine groups is 1. The van der Waals surface area contributed by atoms with Crippen LogP contribution in [0.2, 0.25) is 0 Å². The first-order chi connectivity index (χ1) is 17.7. The van der Waals surface area contributed by atoms with Gasteiger partial charge in [-0.3, -0.25) is 4.79 Å². The van der Waals surface area contributed by atoms with E-state index in [1.54, 1.807) is 0 Å². The molecule has 14 heteroatoms. The van der Waals surface area contributed by atoms with Crippen molar-refractivity contribution in [3.8, 4) is 11.1 Å². The third kappa shape index (κ3) is 9.70. The quantitative estimate of drug-likeness (QED) is 0.150. The first-order valence-corrected chi connectivity index (χ1v) is 13.9. The Morgan fingerprint density at radius 1 is 0.895 bits per heavy atom. The maximum atomic E-state index is 12.8. The third-order valence-corrected chi connectivity index (χ3v) is 6.45. The Labute approximate surface area is 222 Å². The number of aryl methyl sites for hydroxylation is 2. The van der Waals surface area contributed by atoms with Gasteiger partial charge in [0.05, 0.1) is 4.90 Å². The average Bonchev–Trinajstić information content (AvgIpc) is 2.83. The van der Waals surface area contributed by atoms with Crippen molar-refractivity contribution in [3.05, 3.63) is 78.1 Å². The van der Waals surface area contributed by atoms with E-state index in [0.717, 1.165) is 35.4 Å². The number of anilines is 1. The molecular formula is C24H28ClN5O7S. The highest BCUT2D eigenvalue weighted by Crippen LogP contribution is 2.21. The third-order valence-electron chi connectivity index (χ3n) is 5.13. The first-order valence-electron chi connectivity index (χ1n) is 11.2. The summed E-state index contributed by atoms with van der Waals surface area (Å²) in [6.45, 7) is 4.27. The van der Waals surface area contributed by atoms with Crippen molar-refractivity contribution in [2.45, 2.75) is 38.1 Å². The van der Waals surface area contributed by atoms with Crippen LogP contribution in [0.1, 0.15) is 25.2 Å². The minimum absolute atomic E-state index is 0.0682. The van der Waals surface area contributed by atoms with Gasteiger partial charge in [-0.15, -0.1) is 14.6 Å². The molecule has 0 aliphatic heterocycles. The molecule has 0 saturated carbocycles. The van der Waals surface area contributed by atoms with Gasteiger partial charge in [-0.05, 0) is 35.4 Å². The number of benzene rings is 2. The van der Waals surface area contributed by atoms with Crippen LogP contribution in [-0.4, -0.2) is 20.3 Å². The number of nitrogens with zero attached hydrogens (tertiary/aromatic N) is 2. The zero-order chi connectivity index (χ0) is 28.5. The van der Waals surface area contributed by atoms with E-state index in [9.17, 15) is 13.2 Å². The van der Waals surface area contributed by atoms with Crippen molar-refractivity contribution >= 4 is 27.6 Å². The van der Waals surface area contributed by atoms with Gasteiger partial charge < -0.3 is 16.8 Å². The Morgan fingerprint density at radius 2 is 1.39 bits per heavy atom. The lowest BCUT2D eigenvalue weighted by Crippen LogP contribution is -2.68. The summed E-state index contributed by atoms with van der Waals surface area (Å²) in [5.74, 6) is -0.752. The van der Waals surface area contributed by atoms with Crippen LogP contribution in [0.3, 0.4) is 0 Å². The van der Waals surface area contributed by atoms with Gasteiger partial charge in [0.25, 0.3) is 15.9 Å². The molecule has 0 aliphatic carbocycles. The van der Waals surface area contributed by atoms with E-state index in [4.69, 9.17) is 30.1 Å². The van der Waals surface area contributed by atoms with Gasteiger partial charge in [-0.1, -0.05) is 44.2 Å². The molecule has 1 aromatic heterocycles. The molecule has 3 rings (SSSR count). The second-order valence-corrected chi connectivity index (χ2v) is 10.2. The number of amides is 1. The Balaban J connectivity index is 0.000000926. The zero-order valence-electron chi connectivity index (χ0n) is 20.7. The highest BCUT2D eigenvalue weighted by atomic mass is 35.7. The maximum Gasteiger partial charge on any atom is 0.290 e. The summed E-state index contributed by atoms with van der Waals surface area (Å²) in [5, 5.41) is 2.82. The number of halogens is 1. The molecule has 204 valence electrons. The lowest BCUT2D eigenvalue weighted by molar-refractivity contribution is -2.00. The number of aromatic nitrogens is 1. The fourth-order valence-electron chi connectivity index (χ4n) is 3.57.